The van der Waals surface area contributed by atoms with Gasteiger partial charge in [-0.1, -0.05) is 0 Å². The van der Waals surface area contributed by atoms with E-state index in [1.165, 1.54) is 12.3 Å². The van der Waals surface area contributed by atoms with Crippen molar-refractivity contribution >= 4 is 22.8 Å². The summed E-state index contributed by atoms with van der Waals surface area (Å²) in [6.45, 7) is 2.25. The monoisotopic (exact) mass is 439 g/mol. The molecule has 3 aromatic rings. The maximum Gasteiger partial charge on any atom is 0.417 e. The summed E-state index contributed by atoms with van der Waals surface area (Å²) < 4.78 is 64.8. The summed E-state index contributed by atoms with van der Waals surface area (Å²) in [5.74, 6) is 1.13. The Morgan fingerprint density at radius 3 is 2.42 bits per heavy atom. The molecule has 5 heterocycles. The molecule has 5 rings (SSSR count). The summed E-state index contributed by atoms with van der Waals surface area (Å²) in [5, 5.41) is 3.92. The SMILES string of the molecule is FC(F)Cn1ncc2ncc(N3CC4(CCN(c5ccc(C(F)(F)F)cn5)C4)C3)nc21. The number of nitrogens with zero attached hydrogens (tertiary/aromatic N) is 7. The first-order valence-electron chi connectivity index (χ1n) is 9.72. The molecule has 0 atom stereocenters. The Morgan fingerprint density at radius 1 is 0.968 bits per heavy atom. The van der Waals surface area contributed by atoms with Crippen LogP contribution in [0.4, 0.5) is 33.6 Å². The molecule has 0 radical (unpaired) electrons. The number of anilines is 2. The van der Waals surface area contributed by atoms with Crippen molar-refractivity contribution in [1.29, 1.82) is 0 Å². The van der Waals surface area contributed by atoms with Crippen molar-refractivity contribution in [3.8, 4) is 0 Å². The molecule has 12 heteroatoms. The molecule has 0 unspecified atom stereocenters. The zero-order valence-corrected chi connectivity index (χ0v) is 16.2. The van der Waals surface area contributed by atoms with Crippen LogP contribution in [0.25, 0.3) is 11.2 Å². The van der Waals surface area contributed by atoms with Crippen LogP contribution in [-0.2, 0) is 12.7 Å². The molecule has 0 aliphatic carbocycles. The topological polar surface area (TPSA) is 63.0 Å². The molecule has 0 amide bonds. The normalized spacial score (nSPS) is 18.4. The van der Waals surface area contributed by atoms with Crippen molar-refractivity contribution in [2.75, 3.05) is 36.0 Å². The molecule has 1 spiro atoms. The standard InChI is InChI=1S/C19H18F5N7/c20-14(21)8-31-17-13(6-27-31)25-7-16(28-17)30-10-18(11-30)3-4-29(9-18)15-2-1-12(5-26-15)19(22,23)24/h1-2,5-7,14H,3-4,8-11H2. The predicted molar refractivity (Wildman–Crippen MR) is 102 cm³/mol. The van der Waals surface area contributed by atoms with Crippen LogP contribution in [0.1, 0.15) is 12.0 Å². The van der Waals surface area contributed by atoms with Crippen molar-refractivity contribution in [1.82, 2.24) is 24.7 Å². The van der Waals surface area contributed by atoms with E-state index in [-0.39, 0.29) is 5.41 Å². The minimum atomic E-state index is -4.40. The third kappa shape index (κ3) is 3.63. The van der Waals surface area contributed by atoms with Gasteiger partial charge in [-0.3, -0.25) is 0 Å². The molecule has 7 nitrogen and oxygen atoms in total. The van der Waals surface area contributed by atoms with E-state index in [0.29, 0.717) is 49.0 Å². The van der Waals surface area contributed by atoms with Crippen LogP contribution in [0.15, 0.2) is 30.7 Å². The van der Waals surface area contributed by atoms with Gasteiger partial charge >= 0.3 is 6.18 Å². The van der Waals surface area contributed by atoms with Gasteiger partial charge in [-0.25, -0.2) is 28.4 Å². The zero-order chi connectivity index (χ0) is 21.8. The second-order valence-electron chi connectivity index (χ2n) is 8.09. The van der Waals surface area contributed by atoms with Crippen molar-refractivity contribution < 1.29 is 22.0 Å². The number of pyridine rings is 1. The Hall–Kier alpha value is -3.05. The van der Waals surface area contributed by atoms with Crippen LogP contribution in [0.5, 0.6) is 0 Å². The van der Waals surface area contributed by atoms with E-state index in [2.05, 4.69) is 20.1 Å². The van der Waals surface area contributed by atoms with E-state index in [4.69, 9.17) is 0 Å². The van der Waals surface area contributed by atoms with E-state index in [0.717, 1.165) is 23.4 Å². The fourth-order valence-corrected chi connectivity index (χ4v) is 4.31. The lowest BCUT2D eigenvalue weighted by molar-refractivity contribution is -0.137. The minimum Gasteiger partial charge on any atom is -0.356 e. The number of aromatic nitrogens is 5. The van der Waals surface area contributed by atoms with Gasteiger partial charge in [-0.05, 0) is 18.6 Å². The van der Waals surface area contributed by atoms with Gasteiger partial charge in [0.25, 0.3) is 6.43 Å². The maximum absolute atomic E-state index is 12.7. The highest BCUT2D eigenvalue weighted by Gasteiger charge is 2.48. The molecular formula is C19H18F5N7. The number of hydrogen-bond donors (Lipinski definition) is 0. The Balaban J connectivity index is 1.26. The Labute approximate surface area is 173 Å². The van der Waals surface area contributed by atoms with E-state index in [1.54, 1.807) is 6.20 Å². The smallest absolute Gasteiger partial charge is 0.356 e. The number of halogens is 5. The molecule has 2 aliphatic heterocycles. The maximum atomic E-state index is 12.7. The number of fused-ring (bicyclic) bond motifs is 1. The average Bonchev–Trinajstić information content (AvgIpc) is 3.31. The summed E-state index contributed by atoms with van der Waals surface area (Å²) in [5.41, 5.74) is 0.00497. The zero-order valence-electron chi connectivity index (χ0n) is 16.2. The van der Waals surface area contributed by atoms with Gasteiger partial charge in [0.2, 0.25) is 0 Å². The predicted octanol–water partition coefficient (Wildman–Crippen LogP) is 3.22. The van der Waals surface area contributed by atoms with E-state index >= 15 is 0 Å². The van der Waals surface area contributed by atoms with Crippen LogP contribution in [0, 0.1) is 5.41 Å². The van der Waals surface area contributed by atoms with E-state index in [1.807, 2.05) is 9.80 Å². The molecule has 0 N–H and O–H groups in total. The lowest BCUT2D eigenvalue weighted by Crippen LogP contribution is -2.58. The summed E-state index contributed by atoms with van der Waals surface area (Å²) in [6, 6.07) is 2.45. The molecule has 31 heavy (non-hydrogen) atoms. The molecule has 2 saturated heterocycles. The minimum absolute atomic E-state index is 0.00969. The first-order valence-corrected chi connectivity index (χ1v) is 9.72. The van der Waals surface area contributed by atoms with Crippen molar-refractivity contribution in [3.05, 3.63) is 36.3 Å². The van der Waals surface area contributed by atoms with Crippen LogP contribution in [-0.4, -0.2) is 57.3 Å². The number of rotatable bonds is 4. The van der Waals surface area contributed by atoms with Crippen LogP contribution < -0.4 is 9.80 Å². The fourth-order valence-electron chi connectivity index (χ4n) is 4.31. The number of hydrogen-bond acceptors (Lipinski definition) is 6. The molecular weight excluding hydrogens is 421 g/mol. The van der Waals surface area contributed by atoms with Crippen molar-refractivity contribution in [2.24, 2.45) is 5.41 Å². The Morgan fingerprint density at radius 2 is 1.74 bits per heavy atom. The summed E-state index contributed by atoms with van der Waals surface area (Å²) in [4.78, 5) is 16.7. The van der Waals surface area contributed by atoms with Crippen LogP contribution >= 0.6 is 0 Å². The molecule has 0 bridgehead atoms. The fraction of sp³-hybridized carbons (Fsp3) is 0.474. The second-order valence-corrected chi connectivity index (χ2v) is 8.09. The van der Waals surface area contributed by atoms with Crippen LogP contribution in [0.3, 0.4) is 0 Å². The summed E-state index contributed by atoms with van der Waals surface area (Å²) in [6.07, 6.45) is -2.18. The highest BCUT2D eigenvalue weighted by Crippen LogP contribution is 2.42. The number of alkyl halides is 5. The third-order valence-corrected chi connectivity index (χ3v) is 5.86. The second kappa shape index (κ2) is 6.99. The van der Waals surface area contributed by atoms with E-state index < -0.39 is 24.7 Å². The van der Waals surface area contributed by atoms with Gasteiger partial charge in [0.1, 0.15) is 23.7 Å². The molecule has 0 saturated carbocycles. The average molecular weight is 439 g/mol. The van der Waals surface area contributed by atoms with E-state index in [9.17, 15) is 22.0 Å². The van der Waals surface area contributed by atoms with Gasteiger partial charge in [0.05, 0.1) is 18.0 Å². The van der Waals surface area contributed by atoms with Crippen LogP contribution in [0.2, 0.25) is 0 Å². The molecule has 3 aromatic heterocycles. The van der Waals surface area contributed by atoms with Gasteiger partial charge in [0.15, 0.2) is 5.65 Å². The summed E-state index contributed by atoms with van der Waals surface area (Å²) in [7, 11) is 0. The largest absolute Gasteiger partial charge is 0.417 e. The first-order chi connectivity index (χ1) is 14.7. The Kier molecular flexibility index (Phi) is 4.48. The lowest BCUT2D eigenvalue weighted by atomic mass is 9.79. The molecule has 0 aromatic carbocycles. The van der Waals surface area contributed by atoms with Gasteiger partial charge < -0.3 is 9.80 Å². The first kappa shape index (κ1) is 19.9. The molecule has 2 fully saturated rings. The van der Waals surface area contributed by atoms with Gasteiger partial charge in [-0.15, -0.1) is 0 Å². The third-order valence-electron chi connectivity index (χ3n) is 5.86. The highest BCUT2D eigenvalue weighted by atomic mass is 19.4. The quantitative estimate of drug-likeness (QED) is 0.582. The van der Waals surface area contributed by atoms with Gasteiger partial charge in [-0.2, -0.15) is 18.3 Å². The summed E-state index contributed by atoms with van der Waals surface area (Å²) >= 11 is 0. The molecule has 164 valence electrons. The lowest BCUT2D eigenvalue weighted by Gasteiger charge is -2.48. The molecule has 2 aliphatic rings. The van der Waals surface area contributed by atoms with Gasteiger partial charge in [0, 0.05) is 37.8 Å². The van der Waals surface area contributed by atoms with Crippen molar-refractivity contribution in [2.45, 2.75) is 25.6 Å². The highest BCUT2D eigenvalue weighted by molar-refractivity contribution is 5.71. The van der Waals surface area contributed by atoms with Crippen molar-refractivity contribution in [3.63, 3.8) is 0 Å². The Bertz CT molecular complexity index is 1090.